The molecular formula is C31H27NO5S. The molecule has 5 rings (SSSR count). The highest BCUT2D eigenvalue weighted by Gasteiger charge is 2.34. The molecule has 1 heterocycles. The van der Waals surface area contributed by atoms with E-state index in [1.807, 2.05) is 73.7 Å². The molecule has 1 saturated heterocycles. The predicted octanol–water partition coefficient (Wildman–Crippen LogP) is 6.93. The third-order valence-corrected chi connectivity index (χ3v) is 6.94. The van der Waals surface area contributed by atoms with E-state index in [0.717, 1.165) is 33.7 Å². The first-order valence-electron chi connectivity index (χ1n) is 12.4. The molecule has 4 aromatic carbocycles. The second kappa shape index (κ2) is 11.9. The molecule has 1 aliphatic heterocycles. The van der Waals surface area contributed by atoms with Crippen LogP contribution in [0, 0.1) is 0 Å². The van der Waals surface area contributed by atoms with Gasteiger partial charge in [0.2, 0.25) is 0 Å². The third-order valence-electron chi connectivity index (χ3n) is 6.03. The molecule has 0 spiro atoms. The van der Waals surface area contributed by atoms with Crippen molar-refractivity contribution in [3.05, 3.63) is 107 Å². The van der Waals surface area contributed by atoms with Crippen LogP contribution in [-0.2, 0) is 11.4 Å². The van der Waals surface area contributed by atoms with E-state index in [1.54, 1.807) is 6.08 Å². The van der Waals surface area contributed by atoms with Crippen LogP contribution in [0.25, 0.3) is 16.8 Å². The molecule has 192 valence electrons. The summed E-state index contributed by atoms with van der Waals surface area (Å²) >= 11 is 0.926. The lowest BCUT2D eigenvalue weighted by molar-refractivity contribution is -0.123. The first-order valence-corrected chi connectivity index (χ1v) is 13.2. The van der Waals surface area contributed by atoms with Crippen LogP contribution in [0.15, 0.2) is 95.9 Å². The van der Waals surface area contributed by atoms with Gasteiger partial charge in [-0.1, -0.05) is 66.7 Å². The van der Waals surface area contributed by atoms with Crippen molar-refractivity contribution >= 4 is 39.8 Å². The number of thioether (sulfide) groups is 1. The maximum Gasteiger partial charge on any atom is 0.293 e. The van der Waals surface area contributed by atoms with Crippen LogP contribution in [0.2, 0.25) is 0 Å². The molecule has 0 radical (unpaired) electrons. The van der Waals surface area contributed by atoms with Crippen LogP contribution in [0.1, 0.15) is 18.1 Å². The number of hydrogen-bond acceptors (Lipinski definition) is 6. The molecule has 0 atom stereocenters. The van der Waals surface area contributed by atoms with Crippen molar-refractivity contribution in [1.29, 1.82) is 0 Å². The Morgan fingerprint density at radius 2 is 1.61 bits per heavy atom. The number of rotatable bonds is 10. The molecule has 0 aliphatic carbocycles. The van der Waals surface area contributed by atoms with Crippen molar-refractivity contribution in [2.75, 3.05) is 19.8 Å². The molecule has 1 fully saturated rings. The number of para-hydroxylation sites is 1. The largest absolute Gasteiger partial charge is 0.492 e. The molecule has 6 nitrogen and oxygen atoms in total. The fraction of sp³-hybridized carbons (Fsp3) is 0.161. The summed E-state index contributed by atoms with van der Waals surface area (Å²) in [7, 11) is 0. The van der Waals surface area contributed by atoms with Crippen LogP contribution in [0.5, 0.6) is 17.2 Å². The van der Waals surface area contributed by atoms with Gasteiger partial charge < -0.3 is 14.2 Å². The van der Waals surface area contributed by atoms with Gasteiger partial charge in [-0.2, -0.15) is 0 Å². The van der Waals surface area contributed by atoms with Crippen LogP contribution < -0.4 is 14.2 Å². The molecule has 7 heteroatoms. The number of fused-ring (bicyclic) bond motifs is 1. The van der Waals surface area contributed by atoms with E-state index in [1.165, 1.54) is 4.90 Å². The second-order valence-corrected chi connectivity index (χ2v) is 9.55. The monoisotopic (exact) mass is 525 g/mol. The second-order valence-electron chi connectivity index (χ2n) is 8.56. The maximum atomic E-state index is 12.9. The lowest BCUT2D eigenvalue weighted by atomic mass is 10.1. The molecule has 2 amide bonds. The number of carbonyl (C=O) groups excluding carboxylic acids is 2. The molecule has 0 aromatic heterocycles. The molecule has 4 aromatic rings. The highest BCUT2D eigenvalue weighted by atomic mass is 32.2. The highest BCUT2D eigenvalue weighted by molar-refractivity contribution is 8.18. The van der Waals surface area contributed by atoms with Gasteiger partial charge in [-0.15, -0.1) is 0 Å². The standard InChI is InChI=1S/C31H27NO5S/c1-2-35-28-19-22(15-16-27(28)37-21-24-11-8-10-23-9-6-7-14-26(23)24)20-29-30(33)32(31(34)38-29)17-18-36-25-12-4-3-5-13-25/h3-16,19-20H,2,17-18,21H2,1H3/b29-20-. The number of benzene rings is 4. The Morgan fingerprint density at radius 1 is 0.816 bits per heavy atom. The third kappa shape index (κ3) is 5.84. The van der Waals surface area contributed by atoms with Gasteiger partial charge in [-0.3, -0.25) is 14.5 Å². The zero-order valence-corrected chi connectivity index (χ0v) is 21.8. The normalized spacial score (nSPS) is 14.3. The number of amides is 2. The maximum absolute atomic E-state index is 12.9. The number of hydrogen-bond donors (Lipinski definition) is 0. The van der Waals surface area contributed by atoms with Gasteiger partial charge in [-0.05, 0) is 70.9 Å². The Kier molecular flexibility index (Phi) is 7.95. The zero-order chi connectivity index (χ0) is 26.3. The average molecular weight is 526 g/mol. The van der Waals surface area contributed by atoms with Gasteiger partial charge in [0.25, 0.3) is 11.1 Å². The molecule has 0 saturated carbocycles. The number of carbonyl (C=O) groups is 2. The predicted molar refractivity (Wildman–Crippen MR) is 151 cm³/mol. The van der Waals surface area contributed by atoms with Crippen molar-refractivity contribution < 1.29 is 23.8 Å². The summed E-state index contributed by atoms with van der Waals surface area (Å²) in [5, 5.41) is 2.00. The van der Waals surface area contributed by atoms with Crippen LogP contribution in [-0.4, -0.2) is 35.8 Å². The van der Waals surface area contributed by atoms with Crippen molar-refractivity contribution in [2.45, 2.75) is 13.5 Å². The van der Waals surface area contributed by atoms with Gasteiger partial charge in [-0.25, -0.2) is 0 Å². The smallest absolute Gasteiger partial charge is 0.293 e. The minimum atomic E-state index is -0.328. The molecular weight excluding hydrogens is 498 g/mol. The van der Waals surface area contributed by atoms with Crippen LogP contribution >= 0.6 is 11.8 Å². The van der Waals surface area contributed by atoms with Crippen molar-refractivity contribution in [3.8, 4) is 17.2 Å². The number of imide groups is 1. The Morgan fingerprint density at radius 3 is 2.45 bits per heavy atom. The summed E-state index contributed by atoms with van der Waals surface area (Å²) in [5.41, 5.74) is 1.83. The fourth-order valence-corrected chi connectivity index (χ4v) is 5.06. The molecule has 38 heavy (non-hydrogen) atoms. The lowest BCUT2D eigenvalue weighted by Gasteiger charge is -2.14. The fourth-order valence-electron chi connectivity index (χ4n) is 4.19. The number of nitrogens with zero attached hydrogens (tertiary/aromatic N) is 1. The van der Waals surface area contributed by atoms with Gasteiger partial charge in [0.1, 0.15) is 19.0 Å². The first-order chi connectivity index (χ1) is 18.6. The van der Waals surface area contributed by atoms with Crippen molar-refractivity contribution in [1.82, 2.24) is 4.90 Å². The van der Waals surface area contributed by atoms with E-state index in [0.29, 0.717) is 35.4 Å². The summed E-state index contributed by atoms with van der Waals surface area (Å²) in [6.45, 7) is 3.18. The van der Waals surface area contributed by atoms with Crippen molar-refractivity contribution in [2.24, 2.45) is 0 Å². The van der Waals surface area contributed by atoms with E-state index >= 15 is 0 Å². The quantitative estimate of drug-likeness (QED) is 0.209. The summed E-state index contributed by atoms with van der Waals surface area (Å²) < 4.78 is 17.6. The van der Waals surface area contributed by atoms with E-state index in [2.05, 4.69) is 24.3 Å². The van der Waals surface area contributed by atoms with E-state index < -0.39 is 0 Å². The van der Waals surface area contributed by atoms with Crippen LogP contribution in [0.4, 0.5) is 4.79 Å². The van der Waals surface area contributed by atoms with E-state index in [4.69, 9.17) is 14.2 Å². The number of ether oxygens (including phenoxy) is 3. The van der Waals surface area contributed by atoms with E-state index in [-0.39, 0.29) is 24.3 Å². The summed E-state index contributed by atoms with van der Waals surface area (Å²) in [5.74, 6) is 1.56. The highest BCUT2D eigenvalue weighted by Crippen LogP contribution is 2.35. The average Bonchev–Trinajstić information content (AvgIpc) is 3.20. The topological polar surface area (TPSA) is 65.1 Å². The summed E-state index contributed by atoms with van der Waals surface area (Å²) in [6, 6.07) is 29.2. The van der Waals surface area contributed by atoms with Gasteiger partial charge in [0.05, 0.1) is 18.1 Å². The summed E-state index contributed by atoms with van der Waals surface area (Å²) in [4.78, 5) is 27.0. The van der Waals surface area contributed by atoms with E-state index in [9.17, 15) is 9.59 Å². The minimum Gasteiger partial charge on any atom is -0.492 e. The Labute approximate surface area is 225 Å². The zero-order valence-electron chi connectivity index (χ0n) is 21.0. The molecule has 0 bridgehead atoms. The van der Waals surface area contributed by atoms with Gasteiger partial charge >= 0.3 is 0 Å². The van der Waals surface area contributed by atoms with Crippen molar-refractivity contribution in [3.63, 3.8) is 0 Å². The Hall–Kier alpha value is -4.23. The molecule has 0 unspecified atom stereocenters. The lowest BCUT2D eigenvalue weighted by Crippen LogP contribution is -2.32. The molecule has 1 aliphatic rings. The molecule has 0 N–H and O–H groups in total. The summed E-state index contributed by atoms with van der Waals surface area (Å²) in [6.07, 6.45) is 1.71. The minimum absolute atomic E-state index is 0.183. The SMILES string of the molecule is CCOc1cc(/C=C2\SC(=O)N(CCOc3ccccc3)C2=O)ccc1OCc1cccc2ccccc12. The van der Waals surface area contributed by atoms with Crippen LogP contribution in [0.3, 0.4) is 0 Å². The van der Waals surface area contributed by atoms with Gasteiger partial charge in [0, 0.05) is 0 Å². The van der Waals surface area contributed by atoms with Gasteiger partial charge in [0.15, 0.2) is 11.5 Å². The Balaban J connectivity index is 1.27. The first kappa shape index (κ1) is 25.4. The Bertz CT molecular complexity index is 1480.